The normalized spacial score (nSPS) is 10.9. The monoisotopic (exact) mass is 883 g/mol. The zero-order chi connectivity index (χ0) is 35.9. The first-order valence-electron chi connectivity index (χ1n) is 16.9. The molecule has 3 aromatic heterocycles. The number of para-hydroxylation sites is 2. The van der Waals surface area contributed by atoms with Crippen molar-refractivity contribution in [2.24, 2.45) is 0 Å². The van der Waals surface area contributed by atoms with Crippen molar-refractivity contribution in [3.05, 3.63) is 182 Å². The minimum absolute atomic E-state index is 0. The number of ketones is 1. The van der Waals surface area contributed by atoms with Gasteiger partial charge in [-0.15, -0.1) is 53.6 Å². The fourth-order valence-electron chi connectivity index (χ4n) is 5.93. The molecule has 0 aliphatic heterocycles. The SMILES string of the molecule is CC(=O)/C=C(/C)O.[Ir].[c-]1cc(-c2ccccc2)ccc1-c1ccc2ccccc2n1.[c-]1cc2c(cc1-c1ccc3ccccc3n1)sc1ccccc12. The van der Waals surface area contributed by atoms with Crippen LogP contribution in [0.5, 0.6) is 0 Å². The van der Waals surface area contributed by atoms with Crippen LogP contribution in [0.4, 0.5) is 0 Å². The standard InChI is InChI=1S/C21H12NS.C21H14N.C5H8O2.Ir/c1-3-7-18-14(5-1)10-12-19(22-18)15-9-11-17-16-6-2-4-8-20(16)23-21(17)13-15;1-2-6-16(7-3-1)17-10-12-19(13-11-17)21-15-14-18-8-4-5-9-20(18)22-21;1-4(6)3-5(2)7;/h1-8,10-13H;1-12,14-15H;3,6H,1-2H3;/q2*-1;;/b;;4-3-;. The number of pyridine rings is 2. The van der Waals surface area contributed by atoms with Crippen LogP contribution in [0.25, 0.3) is 75.6 Å². The molecule has 3 heterocycles. The second-order valence-electron chi connectivity index (χ2n) is 12.3. The summed E-state index contributed by atoms with van der Waals surface area (Å²) in [4.78, 5) is 19.5. The average Bonchev–Trinajstić information content (AvgIpc) is 3.56. The Balaban J connectivity index is 0.000000152. The topological polar surface area (TPSA) is 63.1 Å². The summed E-state index contributed by atoms with van der Waals surface area (Å²) in [6.07, 6.45) is 1.17. The van der Waals surface area contributed by atoms with E-state index >= 15 is 0 Å². The number of rotatable bonds is 4. The molecule has 0 saturated heterocycles. The maximum Gasteiger partial charge on any atom is 0.155 e. The summed E-state index contributed by atoms with van der Waals surface area (Å²) in [6, 6.07) is 60.9. The number of carbonyl (C=O) groups is 1. The molecule has 0 amide bonds. The van der Waals surface area contributed by atoms with E-state index in [1.54, 1.807) is 0 Å². The van der Waals surface area contributed by atoms with Crippen LogP contribution in [0.3, 0.4) is 0 Å². The van der Waals surface area contributed by atoms with Gasteiger partial charge in [-0.1, -0.05) is 126 Å². The summed E-state index contributed by atoms with van der Waals surface area (Å²) in [6.45, 7) is 2.85. The Labute approximate surface area is 326 Å². The van der Waals surface area contributed by atoms with E-state index in [9.17, 15) is 4.79 Å². The van der Waals surface area contributed by atoms with Crippen molar-refractivity contribution in [2.75, 3.05) is 0 Å². The summed E-state index contributed by atoms with van der Waals surface area (Å²) in [7, 11) is 0. The van der Waals surface area contributed by atoms with Crippen molar-refractivity contribution in [2.45, 2.75) is 13.8 Å². The molecule has 1 radical (unpaired) electrons. The van der Waals surface area contributed by atoms with Crippen LogP contribution in [0, 0.1) is 12.1 Å². The van der Waals surface area contributed by atoms with E-state index < -0.39 is 0 Å². The second kappa shape index (κ2) is 17.2. The Morgan fingerprint density at radius 2 is 1.17 bits per heavy atom. The Bertz CT molecular complexity index is 2680. The summed E-state index contributed by atoms with van der Waals surface area (Å²) >= 11 is 1.83. The minimum Gasteiger partial charge on any atom is -0.512 e. The molecule has 9 aromatic rings. The number of carbonyl (C=O) groups excluding carboxylic acids is 1. The van der Waals surface area contributed by atoms with Crippen LogP contribution in [0.2, 0.25) is 0 Å². The van der Waals surface area contributed by atoms with Crippen LogP contribution in [-0.2, 0) is 24.9 Å². The van der Waals surface area contributed by atoms with Gasteiger partial charge in [0.25, 0.3) is 0 Å². The Hall–Kier alpha value is -5.78. The number of nitrogens with zero attached hydrogens (tertiary/aromatic N) is 2. The molecular weight excluding hydrogens is 849 g/mol. The fourth-order valence-corrected chi connectivity index (χ4v) is 7.06. The van der Waals surface area contributed by atoms with Gasteiger partial charge >= 0.3 is 0 Å². The van der Waals surface area contributed by atoms with Gasteiger partial charge in [-0.25, -0.2) is 0 Å². The molecule has 53 heavy (non-hydrogen) atoms. The predicted molar refractivity (Wildman–Crippen MR) is 217 cm³/mol. The first-order chi connectivity index (χ1) is 25.4. The van der Waals surface area contributed by atoms with E-state index in [-0.39, 0.29) is 31.6 Å². The van der Waals surface area contributed by atoms with Gasteiger partial charge in [-0.3, -0.25) is 14.8 Å². The third kappa shape index (κ3) is 9.00. The van der Waals surface area contributed by atoms with Crippen molar-refractivity contribution < 1.29 is 30.0 Å². The van der Waals surface area contributed by atoms with Crippen LogP contribution in [0.1, 0.15) is 13.8 Å². The van der Waals surface area contributed by atoms with E-state index in [1.807, 2.05) is 65.9 Å². The van der Waals surface area contributed by atoms with Crippen LogP contribution < -0.4 is 0 Å². The molecule has 0 aliphatic rings. The second-order valence-corrected chi connectivity index (χ2v) is 13.3. The maximum absolute atomic E-state index is 10.0. The van der Waals surface area contributed by atoms with Gasteiger partial charge in [0.15, 0.2) is 5.78 Å². The van der Waals surface area contributed by atoms with Gasteiger partial charge in [0, 0.05) is 30.9 Å². The van der Waals surface area contributed by atoms with E-state index in [1.165, 1.54) is 56.6 Å². The van der Waals surface area contributed by atoms with E-state index in [2.05, 4.69) is 115 Å². The number of aromatic nitrogens is 2. The number of allylic oxidation sites excluding steroid dienone is 2. The number of hydrogen-bond donors (Lipinski definition) is 1. The number of aliphatic hydroxyl groups is 1. The molecule has 0 atom stereocenters. The van der Waals surface area contributed by atoms with Gasteiger partial charge in [0.2, 0.25) is 0 Å². The molecule has 4 nitrogen and oxygen atoms in total. The first-order valence-corrected chi connectivity index (χ1v) is 17.7. The van der Waals surface area contributed by atoms with Gasteiger partial charge < -0.3 is 5.11 Å². The maximum atomic E-state index is 10.0. The number of fused-ring (bicyclic) bond motifs is 5. The van der Waals surface area contributed by atoms with Crippen molar-refractivity contribution in [3.8, 4) is 33.6 Å². The quantitative estimate of drug-likeness (QED) is 0.109. The summed E-state index contributed by atoms with van der Waals surface area (Å²) in [5, 5.41) is 13.3. The van der Waals surface area contributed by atoms with Crippen LogP contribution >= 0.6 is 11.3 Å². The average molecular weight is 883 g/mol. The summed E-state index contributed by atoms with van der Waals surface area (Å²) in [5.41, 5.74) is 8.42. The van der Waals surface area contributed by atoms with Crippen molar-refractivity contribution in [3.63, 3.8) is 0 Å². The molecule has 0 unspecified atom stereocenters. The van der Waals surface area contributed by atoms with Gasteiger partial charge in [0.1, 0.15) is 0 Å². The molecule has 0 saturated carbocycles. The van der Waals surface area contributed by atoms with Gasteiger partial charge in [-0.2, -0.15) is 11.3 Å². The Morgan fingerprint density at radius 3 is 1.77 bits per heavy atom. The number of hydrogen-bond acceptors (Lipinski definition) is 5. The molecule has 261 valence electrons. The molecule has 9 rings (SSSR count). The molecule has 6 aromatic carbocycles. The van der Waals surface area contributed by atoms with Crippen LogP contribution in [-0.4, -0.2) is 20.9 Å². The van der Waals surface area contributed by atoms with Gasteiger partial charge in [0.05, 0.1) is 16.8 Å². The molecule has 0 bridgehead atoms. The van der Waals surface area contributed by atoms with Gasteiger partial charge in [-0.05, 0) is 64.3 Å². The third-order valence-corrected chi connectivity index (χ3v) is 9.52. The predicted octanol–water partition coefficient (Wildman–Crippen LogP) is 12.5. The Kier molecular flexibility index (Phi) is 12.0. The molecule has 0 fully saturated rings. The molecular formula is C47H34IrN2O2S-2. The van der Waals surface area contributed by atoms with E-state index in [4.69, 9.17) is 15.1 Å². The largest absolute Gasteiger partial charge is 0.512 e. The minimum atomic E-state index is -0.125. The Morgan fingerprint density at radius 1 is 0.585 bits per heavy atom. The first kappa shape index (κ1) is 37.0. The number of aliphatic hydroxyl groups excluding tert-OH is 1. The number of benzene rings is 6. The smallest absolute Gasteiger partial charge is 0.155 e. The zero-order valence-corrected chi connectivity index (χ0v) is 32.3. The van der Waals surface area contributed by atoms with Crippen molar-refractivity contribution in [1.82, 2.24) is 9.97 Å². The molecule has 6 heteroatoms. The summed E-state index contributed by atoms with van der Waals surface area (Å²) < 4.78 is 2.61. The molecule has 1 N–H and O–H groups in total. The van der Waals surface area contributed by atoms with Crippen molar-refractivity contribution in [1.29, 1.82) is 0 Å². The molecule has 0 aliphatic carbocycles. The van der Waals surface area contributed by atoms with Crippen molar-refractivity contribution >= 4 is 59.1 Å². The molecule has 0 spiro atoms. The third-order valence-electron chi connectivity index (χ3n) is 8.39. The van der Waals surface area contributed by atoms with E-state index in [0.29, 0.717) is 0 Å². The number of thiophene rings is 1. The summed E-state index contributed by atoms with van der Waals surface area (Å²) in [5.74, 6) is -0.0625. The fraction of sp³-hybridized carbons (Fsp3) is 0.0426. The zero-order valence-electron chi connectivity index (χ0n) is 29.1. The van der Waals surface area contributed by atoms with E-state index in [0.717, 1.165) is 38.9 Å². The van der Waals surface area contributed by atoms with Crippen LogP contribution in [0.15, 0.2) is 170 Å².